The van der Waals surface area contributed by atoms with E-state index in [4.69, 9.17) is 9.47 Å². The first kappa shape index (κ1) is 19.7. The molecule has 6 nitrogen and oxygen atoms in total. The molecule has 0 unspecified atom stereocenters. The van der Waals surface area contributed by atoms with Gasteiger partial charge in [-0.05, 0) is 43.5 Å². The molecule has 1 fully saturated rings. The lowest BCUT2D eigenvalue weighted by atomic mass is 10.0. The lowest BCUT2D eigenvalue weighted by molar-refractivity contribution is 0.0860. The van der Waals surface area contributed by atoms with Crippen LogP contribution in [0, 0.1) is 0 Å². The van der Waals surface area contributed by atoms with Crippen molar-refractivity contribution >= 4 is 12.0 Å². The molecule has 28 heavy (non-hydrogen) atoms. The van der Waals surface area contributed by atoms with E-state index < -0.39 is 0 Å². The van der Waals surface area contributed by atoms with E-state index in [1.165, 1.54) is 0 Å². The van der Waals surface area contributed by atoms with Gasteiger partial charge in [0.05, 0.1) is 13.7 Å². The normalized spacial score (nSPS) is 14.4. The molecule has 0 saturated carbocycles. The summed E-state index contributed by atoms with van der Waals surface area (Å²) in [6, 6.07) is 15.3. The molecular weight excluding hydrogens is 356 g/mol. The Labute approximate surface area is 165 Å². The van der Waals surface area contributed by atoms with E-state index in [2.05, 4.69) is 5.32 Å². The van der Waals surface area contributed by atoms with Crippen molar-refractivity contribution in [2.45, 2.75) is 25.8 Å². The second kappa shape index (κ2) is 9.26. The third kappa shape index (κ3) is 4.63. The van der Waals surface area contributed by atoms with Crippen LogP contribution in [0.25, 0.3) is 11.1 Å². The Balaban J connectivity index is 1.66. The Morgan fingerprint density at radius 2 is 1.82 bits per heavy atom. The van der Waals surface area contributed by atoms with Crippen LogP contribution in [0.15, 0.2) is 48.5 Å². The Bertz CT molecular complexity index is 815. The van der Waals surface area contributed by atoms with E-state index in [1.807, 2.05) is 42.5 Å². The van der Waals surface area contributed by atoms with E-state index in [-0.39, 0.29) is 18.0 Å². The summed E-state index contributed by atoms with van der Waals surface area (Å²) in [5.41, 5.74) is 2.47. The maximum Gasteiger partial charge on any atom is 0.409 e. The van der Waals surface area contributed by atoms with Crippen LogP contribution in [-0.4, -0.2) is 49.7 Å². The van der Waals surface area contributed by atoms with Crippen molar-refractivity contribution in [2.24, 2.45) is 0 Å². The van der Waals surface area contributed by atoms with Gasteiger partial charge in [-0.25, -0.2) is 4.79 Å². The van der Waals surface area contributed by atoms with Crippen molar-refractivity contribution in [1.82, 2.24) is 10.2 Å². The maximum absolute atomic E-state index is 12.8. The number of carbonyl (C=O) groups excluding carboxylic acids is 2. The van der Waals surface area contributed by atoms with Crippen molar-refractivity contribution in [3.05, 3.63) is 54.1 Å². The SMILES string of the molecule is CCOC(=O)N1CCC(NC(=O)c2ccc(OC)c(-c3ccccc3)c2)CC1. The number of likely N-dealkylation sites (tertiary alicyclic amines) is 1. The highest BCUT2D eigenvalue weighted by Crippen LogP contribution is 2.30. The monoisotopic (exact) mass is 382 g/mol. The zero-order valence-electron chi connectivity index (χ0n) is 16.3. The van der Waals surface area contributed by atoms with Crippen molar-refractivity contribution in [3.63, 3.8) is 0 Å². The minimum atomic E-state index is -0.282. The summed E-state index contributed by atoms with van der Waals surface area (Å²) < 4.78 is 10.5. The van der Waals surface area contributed by atoms with Gasteiger partial charge in [0.1, 0.15) is 5.75 Å². The number of hydrogen-bond donors (Lipinski definition) is 1. The lowest BCUT2D eigenvalue weighted by Crippen LogP contribution is -2.46. The molecule has 1 N–H and O–H groups in total. The Morgan fingerprint density at radius 3 is 2.46 bits per heavy atom. The van der Waals surface area contributed by atoms with E-state index in [0.29, 0.717) is 38.1 Å². The Hall–Kier alpha value is -3.02. The first-order valence-electron chi connectivity index (χ1n) is 9.58. The van der Waals surface area contributed by atoms with Crippen molar-refractivity contribution in [1.29, 1.82) is 0 Å². The molecule has 0 spiro atoms. The van der Waals surface area contributed by atoms with Crippen LogP contribution in [0.4, 0.5) is 4.79 Å². The predicted octanol–water partition coefficient (Wildman–Crippen LogP) is 3.71. The number of nitrogens with one attached hydrogen (secondary N) is 1. The summed E-state index contributed by atoms with van der Waals surface area (Å²) >= 11 is 0. The van der Waals surface area contributed by atoms with Gasteiger partial charge in [0.2, 0.25) is 0 Å². The zero-order valence-corrected chi connectivity index (χ0v) is 16.3. The average molecular weight is 382 g/mol. The van der Waals surface area contributed by atoms with E-state index in [1.54, 1.807) is 25.0 Å². The Kier molecular flexibility index (Phi) is 6.53. The smallest absolute Gasteiger partial charge is 0.409 e. The third-order valence-electron chi connectivity index (χ3n) is 4.90. The molecule has 1 heterocycles. The zero-order chi connectivity index (χ0) is 19.9. The van der Waals surface area contributed by atoms with Gasteiger partial charge in [0, 0.05) is 30.3 Å². The van der Waals surface area contributed by atoms with Crippen LogP contribution in [-0.2, 0) is 4.74 Å². The molecule has 6 heteroatoms. The van der Waals surface area contributed by atoms with E-state index >= 15 is 0 Å². The summed E-state index contributed by atoms with van der Waals surface area (Å²) in [6.07, 6.45) is 1.15. The summed E-state index contributed by atoms with van der Waals surface area (Å²) in [6.45, 7) is 3.34. The molecule has 2 aromatic rings. The van der Waals surface area contributed by atoms with Crippen LogP contribution >= 0.6 is 0 Å². The minimum absolute atomic E-state index is 0.0421. The molecule has 2 aromatic carbocycles. The first-order chi connectivity index (χ1) is 13.6. The fourth-order valence-corrected chi connectivity index (χ4v) is 3.38. The highest BCUT2D eigenvalue weighted by atomic mass is 16.6. The van der Waals surface area contributed by atoms with E-state index in [9.17, 15) is 9.59 Å². The second-order valence-electron chi connectivity index (χ2n) is 6.71. The number of amides is 2. The number of nitrogens with zero attached hydrogens (tertiary/aromatic N) is 1. The van der Waals surface area contributed by atoms with Crippen molar-refractivity contribution in [2.75, 3.05) is 26.8 Å². The van der Waals surface area contributed by atoms with Crippen molar-refractivity contribution < 1.29 is 19.1 Å². The van der Waals surface area contributed by atoms with Gasteiger partial charge in [-0.2, -0.15) is 0 Å². The molecule has 0 atom stereocenters. The van der Waals surface area contributed by atoms with E-state index in [0.717, 1.165) is 16.9 Å². The van der Waals surface area contributed by atoms with Crippen LogP contribution in [0.2, 0.25) is 0 Å². The molecule has 3 rings (SSSR count). The fourth-order valence-electron chi connectivity index (χ4n) is 3.38. The highest BCUT2D eigenvalue weighted by molar-refractivity contribution is 5.96. The molecule has 0 aliphatic carbocycles. The molecule has 0 radical (unpaired) electrons. The van der Waals surface area contributed by atoms with Gasteiger partial charge < -0.3 is 19.7 Å². The molecule has 0 bridgehead atoms. The average Bonchev–Trinajstić information content (AvgIpc) is 2.74. The van der Waals surface area contributed by atoms with Gasteiger partial charge in [-0.1, -0.05) is 30.3 Å². The molecule has 2 amide bonds. The molecule has 1 aliphatic heterocycles. The summed E-state index contributed by atoms with van der Waals surface area (Å²) in [5, 5.41) is 3.08. The number of ether oxygens (including phenoxy) is 2. The largest absolute Gasteiger partial charge is 0.496 e. The molecular formula is C22H26N2O4. The van der Waals surface area contributed by atoms with Gasteiger partial charge in [-0.15, -0.1) is 0 Å². The number of rotatable bonds is 5. The molecule has 1 aliphatic rings. The summed E-state index contributed by atoms with van der Waals surface area (Å²) in [7, 11) is 1.62. The number of hydrogen-bond acceptors (Lipinski definition) is 4. The Morgan fingerprint density at radius 1 is 1.11 bits per heavy atom. The standard InChI is InChI=1S/C22H26N2O4/c1-3-28-22(26)24-13-11-18(12-14-24)23-21(25)17-9-10-20(27-2)19(15-17)16-7-5-4-6-8-16/h4-10,15,18H,3,11-14H2,1-2H3,(H,23,25). The first-order valence-corrected chi connectivity index (χ1v) is 9.58. The van der Waals surface area contributed by atoms with Crippen LogP contribution in [0.3, 0.4) is 0 Å². The van der Waals surface area contributed by atoms with Gasteiger partial charge in [0.25, 0.3) is 5.91 Å². The third-order valence-corrected chi connectivity index (χ3v) is 4.90. The van der Waals surface area contributed by atoms with Crippen LogP contribution in [0.1, 0.15) is 30.1 Å². The topological polar surface area (TPSA) is 67.9 Å². The number of benzene rings is 2. The minimum Gasteiger partial charge on any atom is -0.496 e. The predicted molar refractivity (Wildman–Crippen MR) is 108 cm³/mol. The van der Waals surface area contributed by atoms with Crippen molar-refractivity contribution in [3.8, 4) is 16.9 Å². The number of piperidine rings is 1. The van der Waals surface area contributed by atoms with Crippen LogP contribution < -0.4 is 10.1 Å². The summed E-state index contributed by atoms with van der Waals surface area (Å²) in [5.74, 6) is 0.611. The fraction of sp³-hybridized carbons (Fsp3) is 0.364. The lowest BCUT2D eigenvalue weighted by Gasteiger charge is -2.31. The molecule has 1 saturated heterocycles. The summed E-state index contributed by atoms with van der Waals surface area (Å²) in [4.78, 5) is 26.2. The van der Waals surface area contributed by atoms with Crippen LogP contribution in [0.5, 0.6) is 5.75 Å². The number of carbonyl (C=O) groups is 2. The molecule has 148 valence electrons. The van der Waals surface area contributed by atoms with Gasteiger partial charge in [0.15, 0.2) is 0 Å². The quantitative estimate of drug-likeness (QED) is 0.856. The maximum atomic E-state index is 12.8. The second-order valence-corrected chi connectivity index (χ2v) is 6.71. The highest BCUT2D eigenvalue weighted by Gasteiger charge is 2.25. The van der Waals surface area contributed by atoms with Gasteiger partial charge in [-0.3, -0.25) is 4.79 Å². The molecule has 0 aromatic heterocycles. The number of methoxy groups -OCH3 is 1. The van der Waals surface area contributed by atoms with Gasteiger partial charge >= 0.3 is 6.09 Å².